The van der Waals surface area contributed by atoms with Crippen molar-refractivity contribution in [3.05, 3.63) is 70.8 Å². The van der Waals surface area contributed by atoms with Gasteiger partial charge in [0.05, 0.1) is 22.0 Å². The van der Waals surface area contributed by atoms with Crippen LogP contribution in [0, 0.1) is 6.92 Å². The maximum atomic E-state index is 11.9. The van der Waals surface area contributed by atoms with Crippen LogP contribution in [0.5, 0.6) is 0 Å². The maximum absolute atomic E-state index is 11.9. The highest BCUT2D eigenvalue weighted by molar-refractivity contribution is 7.99. The third-order valence-corrected chi connectivity index (χ3v) is 4.95. The first-order valence-electron chi connectivity index (χ1n) is 8.08. The number of hydrogen-bond acceptors (Lipinski definition) is 5. The number of nitrogens with one attached hydrogen (secondary N) is 1. The smallest absolute Gasteiger partial charge is 0.230 e. The van der Waals surface area contributed by atoms with Crippen LogP contribution in [0.15, 0.2) is 53.2 Å². The van der Waals surface area contributed by atoms with Gasteiger partial charge in [-0.25, -0.2) is 4.98 Å². The number of pyridine rings is 1. The molecular weight excluding hydrogens is 370 g/mol. The molecule has 0 fully saturated rings. The molecule has 7 heteroatoms. The van der Waals surface area contributed by atoms with Crippen molar-refractivity contribution in [3.8, 4) is 11.5 Å². The van der Waals surface area contributed by atoms with Crippen molar-refractivity contribution in [2.75, 3.05) is 5.75 Å². The van der Waals surface area contributed by atoms with Gasteiger partial charge in [-0.1, -0.05) is 29.8 Å². The summed E-state index contributed by atoms with van der Waals surface area (Å²) >= 11 is 7.68. The zero-order valence-electron chi connectivity index (χ0n) is 14.2. The molecule has 1 amide bonds. The molecule has 0 saturated heterocycles. The number of carbonyl (C=O) groups is 1. The predicted octanol–water partition coefficient (Wildman–Crippen LogP) is 4.25. The number of nitrogens with zero attached hydrogens (tertiary/aromatic N) is 2. The number of rotatable bonds is 7. The molecular formula is C19H18ClN3O2S. The van der Waals surface area contributed by atoms with Crippen LogP contribution < -0.4 is 5.32 Å². The quantitative estimate of drug-likeness (QED) is 0.656. The third-order valence-electron chi connectivity index (χ3n) is 3.68. The Balaban J connectivity index is 1.51. The summed E-state index contributed by atoms with van der Waals surface area (Å²) in [5.41, 5.74) is 2.57. The van der Waals surface area contributed by atoms with Crippen molar-refractivity contribution >= 4 is 29.3 Å². The molecule has 2 aromatic heterocycles. The fourth-order valence-electron chi connectivity index (χ4n) is 2.31. The third kappa shape index (κ3) is 4.86. The molecule has 5 nitrogen and oxygen atoms in total. The molecule has 0 unspecified atom stereocenters. The molecule has 3 aromatic rings. The van der Waals surface area contributed by atoms with Crippen LogP contribution in [0.1, 0.15) is 17.0 Å². The molecule has 0 aliphatic heterocycles. The topological polar surface area (TPSA) is 68.0 Å². The summed E-state index contributed by atoms with van der Waals surface area (Å²) in [5.74, 6) is 2.17. The van der Waals surface area contributed by atoms with Gasteiger partial charge in [0.25, 0.3) is 0 Å². The van der Waals surface area contributed by atoms with Crippen molar-refractivity contribution in [2.24, 2.45) is 0 Å². The van der Waals surface area contributed by atoms with Crippen molar-refractivity contribution in [2.45, 2.75) is 19.2 Å². The first kappa shape index (κ1) is 18.5. The zero-order chi connectivity index (χ0) is 18.4. The second-order valence-electron chi connectivity index (χ2n) is 5.63. The van der Waals surface area contributed by atoms with Crippen LogP contribution >= 0.6 is 23.4 Å². The van der Waals surface area contributed by atoms with Gasteiger partial charge in [0.2, 0.25) is 11.8 Å². The lowest BCUT2D eigenvalue weighted by Crippen LogP contribution is -2.24. The Labute approximate surface area is 161 Å². The fraction of sp³-hybridized carbons (Fsp3) is 0.211. The van der Waals surface area contributed by atoms with Gasteiger partial charge in [-0.15, -0.1) is 11.8 Å². The van der Waals surface area contributed by atoms with Crippen molar-refractivity contribution < 1.29 is 9.21 Å². The molecule has 0 saturated carbocycles. The van der Waals surface area contributed by atoms with Gasteiger partial charge in [-0.2, -0.15) is 0 Å². The maximum Gasteiger partial charge on any atom is 0.230 e. The number of oxazole rings is 1. The van der Waals surface area contributed by atoms with Gasteiger partial charge in [-0.3, -0.25) is 9.78 Å². The summed E-state index contributed by atoms with van der Waals surface area (Å²) in [6, 6.07) is 11.2. The molecule has 134 valence electrons. The van der Waals surface area contributed by atoms with Crippen molar-refractivity contribution in [1.29, 1.82) is 0 Å². The Morgan fingerprint density at radius 2 is 2.12 bits per heavy atom. The van der Waals surface area contributed by atoms with Crippen molar-refractivity contribution in [3.63, 3.8) is 0 Å². The van der Waals surface area contributed by atoms with Crippen LogP contribution in [0.3, 0.4) is 0 Å². The van der Waals surface area contributed by atoms with Gasteiger partial charge in [0.15, 0.2) is 0 Å². The van der Waals surface area contributed by atoms with Gasteiger partial charge >= 0.3 is 0 Å². The van der Waals surface area contributed by atoms with Crippen LogP contribution in [0.2, 0.25) is 5.02 Å². The average Bonchev–Trinajstić information content (AvgIpc) is 3.02. The highest BCUT2D eigenvalue weighted by Gasteiger charge is 2.14. The number of aromatic nitrogens is 2. The van der Waals surface area contributed by atoms with Gasteiger partial charge < -0.3 is 9.73 Å². The van der Waals surface area contributed by atoms with Gasteiger partial charge in [0, 0.05) is 24.7 Å². The molecule has 26 heavy (non-hydrogen) atoms. The number of hydrogen-bond donors (Lipinski definition) is 1. The minimum Gasteiger partial charge on any atom is -0.441 e. The van der Waals surface area contributed by atoms with Crippen LogP contribution in [-0.2, 0) is 17.1 Å². The summed E-state index contributed by atoms with van der Waals surface area (Å²) in [6.07, 6.45) is 3.45. The zero-order valence-corrected chi connectivity index (χ0v) is 15.8. The first-order valence-corrected chi connectivity index (χ1v) is 9.61. The van der Waals surface area contributed by atoms with Crippen LogP contribution in [0.25, 0.3) is 11.5 Å². The second kappa shape index (κ2) is 8.87. The van der Waals surface area contributed by atoms with E-state index in [0.29, 0.717) is 29.0 Å². The largest absolute Gasteiger partial charge is 0.441 e. The summed E-state index contributed by atoms with van der Waals surface area (Å²) in [6.45, 7) is 2.35. The molecule has 1 aromatic carbocycles. The lowest BCUT2D eigenvalue weighted by molar-refractivity contribution is -0.118. The molecule has 0 atom stereocenters. The number of carbonyl (C=O) groups excluding carboxylic acids is 1. The van der Waals surface area contributed by atoms with Crippen LogP contribution in [0.4, 0.5) is 0 Å². The fourth-order valence-corrected chi connectivity index (χ4v) is 3.37. The molecule has 0 aliphatic rings. The molecule has 3 rings (SSSR count). The molecule has 0 spiro atoms. The summed E-state index contributed by atoms with van der Waals surface area (Å²) in [7, 11) is 0. The summed E-state index contributed by atoms with van der Waals surface area (Å²) in [5, 5.41) is 3.48. The van der Waals surface area contributed by atoms with E-state index in [1.807, 2.05) is 37.3 Å². The number of aryl methyl sites for hydroxylation is 1. The molecule has 0 radical (unpaired) electrons. The standard InChI is InChI=1S/C19H18ClN3O2S/c1-13-17(23-19(25-13)15-6-2-3-7-16(15)20)11-26-12-18(24)22-10-14-5-4-8-21-9-14/h2-9H,10-12H2,1H3,(H,22,24). The molecule has 0 bridgehead atoms. The number of halogens is 1. The van der Waals surface area contributed by atoms with E-state index in [2.05, 4.69) is 15.3 Å². The van der Waals surface area contributed by atoms with Crippen LogP contribution in [-0.4, -0.2) is 21.6 Å². The van der Waals surface area contributed by atoms with E-state index >= 15 is 0 Å². The van der Waals surface area contributed by atoms with E-state index in [1.54, 1.807) is 18.5 Å². The van der Waals surface area contributed by atoms with Gasteiger partial charge in [0.1, 0.15) is 5.76 Å². The number of benzene rings is 1. The number of thioether (sulfide) groups is 1. The van der Waals surface area contributed by atoms with E-state index < -0.39 is 0 Å². The molecule has 0 aliphatic carbocycles. The molecule has 2 heterocycles. The van der Waals surface area contributed by atoms with E-state index in [-0.39, 0.29) is 5.91 Å². The first-order chi connectivity index (χ1) is 12.6. The summed E-state index contributed by atoms with van der Waals surface area (Å²) in [4.78, 5) is 20.5. The normalized spacial score (nSPS) is 10.7. The van der Waals surface area contributed by atoms with Gasteiger partial charge in [-0.05, 0) is 30.7 Å². The lowest BCUT2D eigenvalue weighted by atomic mass is 10.2. The van der Waals surface area contributed by atoms with E-state index in [9.17, 15) is 4.79 Å². The monoisotopic (exact) mass is 387 g/mol. The van der Waals surface area contributed by atoms with Crippen molar-refractivity contribution in [1.82, 2.24) is 15.3 Å². The Morgan fingerprint density at radius 3 is 2.88 bits per heavy atom. The Bertz CT molecular complexity index is 884. The second-order valence-corrected chi connectivity index (χ2v) is 7.03. The van der Waals surface area contributed by atoms with E-state index in [1.165, 1.54) is 11.8 Å². The van der Waals surface area contributed by atoms with E-state index in [4.69, 9.17) is 16.0 Å². The molecule has 1 N–H and O–H groups in total. The van der Waals surface area contributed by atoms with E-state index in [0.717, 1.165) is 22.6 Å². The highest BCUT2D eigenvalue weighted by Crippen LogP contribution is 2.29. The predicted molar refractivity (Wildman–Crippen MR) is 104 cm³/mol. The SMILES string of the molecule is Cc1oc(-c2ccccc2Cl)nc1CSCC(=O)NCc1cccnc1. The minimum absolute atomic E-state index is 0.0219. The minimum atomic E-state index is -0.0219. The number of amides is 1. The Kier molecular flexibility index (Phi) is 6.30. The highest BCUT2D eigenvalue weighted by atomic mass is 35.5. The Morgan fingerprint density at radius 1 is 1.27 bits per heavy atom. The average molecular weight is 388 g/mol. The lowest BCUT2D eigenvalue weighted by Gasteiger charge is -2.04. The summed E-state index contributed by atoms with van der Waals surface area (Å²) < 4.78 is 5.73. The Hall–Kier alpha value is -2.31.